The smallest absolute Gasteiger partial charge is 0.161 e. The largest absolute Gasteiger partial charge is 0.493 e. The molecule has 0 unspecified atom stereocenters. The Kier molecular flexibility index (Phi) is 9.42. The molecule has 1 aromatic carbocycles. The van der Waals surface area contributed by atoms with Crippen molar-refractivity contribution in [3.63, 3.8) is 0 Å². The lowest BCUT2D eigenvalue weighted by Crippen LogP contribution is -2.26. The van der Waals surface area contributed by atoms with Crippen molar-refractivity contribution in [2.75, 3.05) is 13.7 Å². The summed E-state index contributed by atoms with van der Waals surface area (Å²) >= 11 is 0. The standard InChI is InChI=1S/C16H27NO3.ClH/c1-5-20-14-9-7-12(10-15(14)19-4)16(17)13(18)8-6-11(2)3;/h7,9-11,13,16,18H,5-6,8,17H2,1-4H3;1H/t13-,16+;/m1./s1. The summed E-state index contributed by atoms with van der Waals surface area (Å²) in [5.41, 5.74) is 6.99. The van der Waals surface area contributed by atoms with Gasteiger partial charge in [-0.25, -0.2) is 0 Å². The average Bonchev–Trinajstić information content (AvgIpc) is 2.44. The number of rotatable bonds is 8. The topological polar surface area (TPSA) is 64.7 Å². The highest BCUT2D eigenvalue weighted by Gasteiger charge is 2.18. The van der Waals surface area contributed by atoms with Gasteiger partial charge in [-0.15, -0.1) is 12.4 Å². The first-order chi connectivity index (χ1) is 9.49. The summed E-state index contributed by atoms with van der Waals surface area (Å²) in [5.74, 6) is 1.91. The lowest BCUT2D eigenvalue weighted by molar-refractivity contribution is 0.128. The molecule has 4 nitrogen and oxygen atoms in total. The summed E-state index contributed by atoms with van der Waals surface area (Å²) in [7, 11) is 1.60. The Labute approximate surface area is 134 Å². The molecule has 0 amide bonds. The fourth-order valence-electron chi connectivity index (χ4n) is 2.07. The summed E-state index contributed by atoms with van der Waals surface area (Å²) in [4.78, 5) is 0. The lowest BCUT2D eigenvalue weighted by Gasteiger charge is -2.21. The van der Waals surface area contributed by atoms with Crippen molar-refractivity contribution in [1.29, 1.82) is 0 Å². The molecule has 0 radical (unpaired) electrons. The minimum Gasteiger partial charge on any atom is -0.493 e. The van der Waals surface area contributed by atoms with Gasteiger partial charge in [-0.05, 0) is 43.4 Å². The highest BCUT2D eigenvalue weighted by atomic mass is 35.5. The van der Waals surface area contributed by atoms with Crippen molar-refractivity contribution in [3.8, 4) is 11.5 Å². The van der Waals surface area contributed by atoms with Crippen LogP contribution in [0.15, 0.2) is 18.2 Å². The Hall–Kier alpha value is -0.970. The molecule has 2 atom stereocenters. The normalized spacial score (nSPS) is 13.5. The molecule has 0 saturated heterocycles. The van der Waals surface area contributed by atoms with Crippen molar-refractivity contribution in [1.82, 2.24) is 0 Å². The van der Waals surface area contributed by atoms with Gasteiger partial charge < -0.3 is 20.3 Å². The lowest BCUT2D eigenvalue weighted by atomic mass is 9.96. The van der Waals surface area contributed by atoms with Gasteiger partial charge in [-0.1, -0.05) is 19.9 Å². The number of aliphatic hydroxyl groups excluding tert-OH is 1. The first-order valence-electron chi connectivity index (χ1n) is 7.24. The van der Waals surface area contributed by atoms with Crippen molar-refractivity contribution >= 4 is 12.4 Å². The molecular weight excluding hydrogens is 290 g/mol. The highest BCUT2D eigenvalue weighted by molar-refractivity contribution is 5.85. The maximum Gasteiger partial charge on any atom is 0.161 e. The SMILES string of the molecule is CCOc1ccc([C@H](N)[C@H](O)CCC(C)C)cc1OC.Cl. The van der Waals surface area contributed by atoms with Crippen LogP contribution in [-0.4, -0.2) is 24.9 Å². The summed E-state index contributed by atoms with van der Waals surface area (Å²) in [5, 5.41) is 10.2. The summed E-state index contributed by atoms with van der Waals surface area (Å²) in [6.45, 7) is 6.78. The van der Waals surface area contributed by atoms with Crippen LogP contribution >= 0.6 is 12.4 Å². The van der Waals surface area contributed by atoms with E-state index in [1.165, 1.54) is 0 Å². The van der Waals surface area contributed by atoms with Gasteiger partial charge in [0.25, 0.3) is 0 Å². The van der Waals surface area contributed by atoms with E-state index in [0.29, 0.717) is 30.4 Å². The van der Waals surface area contributed by atoms with E-state index in [9.17, 15) is 5.11 Å². The van der Waals surface area contributed by atoms with E-state index in [0.717, 1.165) is 12.0 Å². The number of hydrogen-bond acceptors (Lipinski definition) is 4. The molecule has 0 saturated carbocycles. The third-order valence-corrected chi connectivity index (χ3v) is 3.33. The zero-order valence-corrected chi connectivity index (χ0v) is 14.2. The predicted molar refractivity (Wildman–Crippen MR) is 88.4 cm³/mol. The summed E-state index contributed by atoms with van der Waals surface area (Å²) in [6.07, 6.45) is 1.12. The van der Waals surface area contributed by atoms with Gasteiger partial charge in [0.05, 0.1) is 25.9 Å². The molecule has 1 rings (SSSR count). The second kappa shape index (κ2) is 9.87. The van der Waals surface area contributed by atoms with E-state index in [2.05, 4.69) is 13.8 Å². The van der Waals surface area contributed by atoms with Crippen LogP contribution in [0.1, 0.15) is 45.2 Å². The molecule has 21 heavy (non-hydrogen) atoms. The Balaban J connectivity index is 0.00000400. The zero-order chi connectivity index (χ0) is 15.1. The molecule has 0 aromatic heterocycles. The van der Waals surface area contributed by atoms with E-state index in [4.69, 9.17) is 15.2 Å². The van der Waals surface area contributed by atoms with Gasteiger partial charge in [0.1, 0.15) is 0 Å². The van der Waals surface area contributed by atoms with Crippen LogP contribution in [0.25, 0.3) is 0 Å². The van der Waals surface area contributed by atoms with Gasteiger partial charge in [-0.2, -0.15) is 0 Å². The van der Waals surface area contributed by atoms with Crippen molar-refractivity contribution < 1.29 is 14.6 Å². The molecule has 0 aliphatic rings. The van der Waals surface area contributed by atoms with E-state index >= 15 is 0 Å². The van der Waals surface area contributed by atoms with Gasteiger partial charge >= 0.3 is 0 Å². The van der Waals surface area contributed by atoms with Crippen LogP contribution in [0.5, 0.6) is 11.5 Å². The van der Waals surface area contributed by atoms with Crippen LogP contribution in [-0.2, 0) is 0 Å². The first kappa shape index (κ1) is 20.0. The third-order valence-electron chi connectivity index (χ3n) is 3.33. The minimum absolute atomic E-state index is 0. The highest BCUT2D eigenvalue weighted by Crippen LogP contribution is 2.31. The van der Waals surface area contributed by atoms with Crippen LogP contribution < -0.4 is 15.2 Å². The Morgan fingerprint density at radius 1 is 1.19 bits per heavy atom. The van der Waals surface area contributed by atoms with Crippen LogP contribution in [0.2, 0.25) is 0 Å². The molecule has 0 fully saturated rings. The molecule has 122 valence electrons. The minimum atomic E-state index is -0.542. The third kappa shape index (κ3) is 6.12. The quantitative estimate of drug-likeness (QED) is 0.772. The fourth-order valence-corrected chi connectivity index (χ4v) is 2.07. The van der Waals surface area contributed by atoms with Gasteiger partial charge in [-0.3, -0.25) is 0 Å². The average molecular weight is 318 g/mol. The molecule has 0 spiro atoms. The maximum atomic E-state index is 10.2. The van der Waals surface area contributed by atoms with Gasteiger partial charge in [0.15, 0.2) is 11.5 Å². The molecule has 0 heterocycles. The number of methoxy groups -OCH3 is 1. The van der Waals surface area contributed by atoms with Crippen LogP contribution in [0.3, 0.4) is 0 Å². The van der Waals surface area contributed by atoms with Crippen molar-refractivity contribution in [2.24, 2.45) is 11.7 Å². The molecule has 1 aromatic rings. The molecule has 5 heteroatoms. The zero-order valence-electron chi connectivity index (χ0n) is 13.3. The number of aliphatic hydroxyl groups is 1. The second-order valence-corrected chi connectivity index (χ2v) is 5.41. The Bertz CT molecular complexity index is 413. The van der Waals surface area contributed by atoms with Gasteiger partial charge in [0.2, 0.25) is 0 Å². The fraction of sp³-hybridized carbons (Fsp3) is 0.625. The molecule has 0 bridgehead atoms. The van der Waals surface area contributed by atoms with E-state index in [-0.39, 0.29) is 12.4 Å². The molecule has 3 N–H and O–H groups in total. The monoisotopic (exact) mass is 317 g/mol. The number of halogens is 1. The number of benzene rings is 1. The predicted octanol–water partition coefficient (Wildman–Crippen LogP) is 3.31. The number of ether oxygens (including phenoxy) is 2. The van der Waals surface area contributed by atoms with Crippen LogP contribution in [0.4, 0.5) is 0 Å². The molecule has 0 aliphatic carbocycles. The van der Waals surface area contributed by atoms with E-state index < -0.39 is 12.1 Å². The maximum absolute atomic E-state index is 10.2. The van der Waals surface area contributed by atoms with Gasteiger partial charge in [0, 0.05) is 0 Å². The van der Waals surface area contributed by atoms with Crippen LogP contribution in [0, 0.1) is 5.92 Å². The molecular formula is C16H28ClNO3. The Morgan fingerprint density at radius 3 is 2.38 bits per heavy atom. The second-order valence-electron chi connectivity index (χ2n) is 5.41. The summed E-state index contributed by atoms with van der Waals surface area (Å²) in [6, 6.07) is 5.16. The number of hydrogen-bond donors (Lipinski definition) is 2. The van der Waals surface area contributed by atoms with E-state index in [1.807, 2.05) is 25.1 Å². The summed E-state index contributed by atoms with van der Waals surface area (Å²) < 4.78 is 10.8. The molecule has 0 aliphatic heterocycles. The first-order valence-corrected chi connectivity index (χ1v) is 7.24. The Morgan fingerprint density at radius 2 is 1.86 bits per heavy atom. The van der Waals surface area contributed by atoms with E-state index in [1.54, 1.807) is 7.11 Å². The number of nitrogens with two attached hydrogens (primary N) is 1. The van der Waals surface area contributed by atoms with Crippen molar-refractivity contribution in [2.45, 2.75) is 45.8 Å². The van der Waals surface area contributed by atoms with Crippen molar-refractivity contribution in [3.05, 3.63) is 23.8 Å².